The lowest BCUT2D eigenvalue weighted by molar-refractivity contribution is -0.127. The quantitative estimate of drug-likeness (QED) is 0.419. The number of thioether (sulfide) groups is 1. The highest BCUT2D eigenvalue weighted by Gasteiger charge is 2.49. The summed E-state index contributed by atoms with van der Waals surface area (Å²) in [7, 11) is 3.34. The van der Waals surface area contributed by atoms with Crippen LogP contribution in [0, 0.1) is 0 Å². The number of rotatable bonds is 7. The Hall–Kier alpha value is -4.33. The number of imide groups is 1. The average Bonchev–Trinajstić information content (AvgIpc) is 3.62. The van der Waals surface area contributed by atoms with Crippen molar-refractivity contribution in [1.82, 2.24) is 40.2 Å². The smallest absolute Gasteiger partial charge is 0.325 e. The molecule has 2 fully saturated rings. The Labute approximate surface area is 235 Å². The van der Waals surface area contributed by atoms with E-state index in [2.05, 4.69) is 42.8 Å². The Morgan fingerprint density at radius 2 is 1.70 bits per heavy atom. The molecule has 2 saturated heterocycles. The van der Waals surface area contributed by atoms with Crippen LogP contribution < -0.4 is 15.0 Å². The van der Waals surface area contributed by atoms with Gasteiger partial charge in [0.25, 0.3) is 5.91 Å². The predicted molar refractivity (Wildman–Crippen MR) is 150 cm³/mol. The number of para-hydroxylation sites is 1. The third-order valence-electron chi connectivity index (χ3n) is 7.34. The van der Waals surface area contributed by atoms with Crippen LogP contribution in [0.2, 0.25) is 0 Å². The van der Waals surface area contributed by atoms with Crippen LogP contribution in [0.3, 0.4) is 0 Å². The molecule has 0 saturated carbocycles. The molecular formula is C26H30N10O3S. The number of hydrogen-bond acceptors (Lipinski definition) is 11. The Bertz CT molecular complexity index is 1390. The summed E-state index contributed by atoms with van der Waals surface area (Å²) < 4.78 is 6.99. The highest BCUT2D eigenvalue weighted by molar-refractivity contribution is 7.99. The van der Waals surface area contributed by atoms with Gasteiger partial charge in [-0.1, -0.05) is 30.0 Å². The second kappa shape index (κ2) is 11.0. The number of nitrogens with zero attached hydrogens (tertiary/aromatic N) is 9. The Morgan fingerprint density at radius 1 is 0.975 bits per heavy atom. The molecule has 1 N–H and O–H groups in total. The molecule has 40 heavy (non-hydrogen) atoms. The van der Waals surface area contributed by atoms with Crippen molar-refractivity contribution in [2.75, 3.05) is 57.5 Å². The van der Waals surface area contributed by atoms with Crippen molar-refractivity contribution in [1.29, 1.82) is 0 Å². The maximum atomic E-state index is 13.0. The molecule has 2 atom stereocenters. The van der Waals surface area contributed by atoms with E-state index in [0.717, 1.165) is 49.3 Å². The fraction of sp³-hybridized carbons (Fsp3) is 0.385. The Morgan fingerprint density at radius 3 is 2.42 bits per heavy atom. The van der Waals surface area contributed by atoms with Crippen LogP contribution in [0.1, 0.15) is 0 Å². The third-order valence-corrected chi connectivity index (χ3v) is 8.24. The number of amides is 3. The molecule has 2 unspecified atom stereocenters. The second-order valence-electron chi connectivity index (χ2n) is 9.62. The number of carbonyl (C=O) groups is 2. The molecular weight excluding hydrogens is 532 g/mol. The third kappa shape index (κ3) is 4.90. The summed E-state index contributed by atoms with van der Waals surface area (Å²) in [5.41, 5.74) is 2.01. The molecule has 3 aliphatic heterocycles. The summed E-state index contributed by atoms with van der Waals surface area (Å²) in [6.45, 7) is 3.60. The first-order chi connectivity index (χ1) is 19.5. The van der Waals surface area contributed by atoms with Crippen LogP contribution in [-0.2, 0) is 4.79 Å². The fourth-order valence-electron chi connectivity index (χ4n) is 5.21. The maximum Gasteiger partial charge on any atom is 0.325 e. The van der Waals surface area contributed by atoms with Crippen LogP contribution in [-0.4, -0.2) is 118 Å². The molecule has 4 heterocycles. The van der Waals surface area contributed by atoms with Crippen molar-refractivity contribution in [3.05, 3.63) is 54.6 Å². The minimum atomic E-state index is -0.594. The average molecular weight is 563 g/mol. The summed E-state index contributed by atoms with van der Waals surface area (Å²) in [6, 6.07) is 16.7. The number of methoxy groups -OCH3 is 1. The van der Waals surface area contributed by atoms with Crippen LogP contribution in [0.4, 0.5) is 10.5 Å². The number of fused-ring (bicyclic) bond motifs is 1. The largest absolute Gasteiger partial charge is 0.497 e. The van der Waals surface area contributed by atoms with E-state index in [1.54, 1.807) is 18.8 Å². The van der Waals surface area contributed by atoms with E-state index in [0.29, 0.717) is 17.5 Å². The Balaban J connectivity index is 1.17. The van der Waals surface area contributed by atoms with E-state index in [1.807, 2.05) is 47.4 Å². The van der Waals surface area contributed by atoms with Crippen LogP contribution >= 0.6 is 11.8 Å². The normalized spacial score (nSPS) is 20.9. The molecule has 3 amide bonds. The van der Waals surface area contributed by atoms with Gasteiger partial charge in [0.15, 0.2) is 18.2 Å². The number of anilines is 1. The number of benzene rings is 2. The minimum Gasteiger partial charge on any atom is -0.497 e. The van der Waals surface area contributed by atoms with Gasteiger partial charge in [0.1, 0.15) is 5.75 Å². The number of guanidine groups is 1. The number of nitrogens with one attached hydrogen (secondary N) is 1. The van der Waals surface area contributed by atoms with Gasteiger partial charge in [-0.25, -0.2) is 9.79 Å². The van der Waals surface area contributed by atoms with Crippen molar-refractivity contribution in [2.24, 2.45) is 4.99 Å². The summed E-state index contributed by atoms with van der Waals surface area (Å²) in [4.78, 5) is 38.4. The first kappa shape index (κ1) is 25.9. The number of aromatic nitrogens is 4. The number of hydrogen-bond donors (Lipinski definition) is 1. The number of piperazine rings is 1. The van der Waals surface area contributed by atoms with Gasteiger partial charge >= 0.3 is 6.03 Å². The van der Waals surface area contributed by atoms with Crippen molar-refractivity contribution in [2.45, 2.75) is 17.4 Å². The van der Waals surface area contributed by atoms with E-state index in [4.69, 9.17) is 9.73 Å². The molecule has 2 aromatic carbocycles. The zero-order valence-corrected chi connectivity index (χ0v) is 23.1. The lowest BCUT2D eigenvalue weighted by Crippen LogP contribution is -2.64. The number of carbonyl (C=O) groups excluding carboxylic acids is 2. The van der Waals surface area contributed by atoms with Gasteiger partial charge < -0.3 is 24.3 Å². The lowest BCUT2D eigenvalue weighted by Gasteiger charge is -2.41. The second-order valence-corrected chi connectivity index (χ2v) is 10.7. The van der Waals surface area contributed by atoms with Crippen molar-refractivity contribution in [3.8, 4) is 11.4 Å². The first-order valence-electron chi connectivity index (χ1n) is 13.1. The van der Waals surface area contributed by atoms with E-state index >= 15 is 0 Å². The number of urea groups is 1. The number of ether oxygens (including phenoxy) is 1. The Kier molecular flexibility index (Phi) is 7.15. The molecule has 208 valence electrons. The summed E-state index contributed by atoms with van der Waals surface area (Å²) >= 11 is 1.51. The molecule has 0 bridgehead atoms. The molecule has 6 rings (SSSR count). The van der Waals surface area contributed by atoms with Crippen molar-refractivity contribution >= 4 is 35.3 Å². The molecule has 1 aromatic heterocycles. The fourth-order valence-corrected chi connectivity index (χ4v) is 6.04. The molecule has 0 spiro atoms. The molecule has 3 aromatic rings. The van der Waals surface area contributed by atoms with E-state index in [1.165, 1.54) is 16.7 Å². The lowest BCUT2D eigenvalue weighted by atomic mass is 10.1. The van der Waals surface area contributed by atoms with Crippen LogP contribution in [0.15, 0.2) is 64.7 Å². The van der Waals surface area contributed by atoms with Gasteiger partial charge in [0.05, 0.1) is 12.8 Å². The van der Waals surface area contributed by atoms with Crippen molar-refractivity contribution < 1.29 is 14.3 Å². The van der Waals surface area contributed by atoms with Gasteiger partial charge in [-0.05, 0) is 46.8 Å². The van der Waals surface area contributed by atoms with E-state index in [9.17, 15) is 9.59 Å². The van der Waals surface area contributed by atoms with Crippen LogP contribution in [0.25, 0.3) is 5.69 Å². The van der Waals surface area contributed by atoms with Gasteiger partial charge in [-0.15, -0.1) is 5.10 Å². The van der Waals surface area contributed by atoms with E-state index < -0.39 is 18.2 Å². The zero-order valence-electron chi connectivity index (χ0n) is 22.3. The van der Waals surface area contributed by atoms with E-state index in [-0.39, 0.29) is 5.91 Å². The highest BCUT2D eigenvalue weighted by Crippen LogP contribution is 2.28. The van der Waals surface area contributed by atoms with Gasteiger partial charge in [-0.2, -0.15) is 4.68 Å². The summed E-state index contributed by atoms with van der Waals surface area (Å²) in [5, 5.41) is 15.3. The number of likely N-dealkylation sites (N-methyl/N-ethyl adjacent to an activating group) is 1. The minimum absolute atomic E-state index is 0.331. The molecule has 13 nitrogen and oxygen atoms in total. The van der Waals surface area contributed by atoms with Crippen LogP contribution in [0.5, 0.6) is 5.75 Å². The van der Waals surface area contributed by atoms with Gasteiger partial charge in [0.2, 0.25) is 5.16 Å². The molecule has 0 aliphatic carbocycles. The van der Waals surface area contributed by atoms with Crippen molar-refractivity contribution in [3.63, 3.8) is 0 Å². The topological polar surface area (TPSA) is 124 Å². The van der Waals surface area contributed by atoms with Gasteiger partial charge in [0, 0.05) is 51.2 Å². The van der Waals surface area contributed by atoms with Gasteiger partial charge in [-0.3, -0.25) is 10.1 Å². The number of tetrazole rings is 1. The molecule has 0 radical (unpaired) electrons. The molecule has 3 aliphatic rings. The first-order valence-corrected chi connectivity index (χ1v) is 14.0. The SMILES string of the molecule is COc1ccc(N2CCN(C3=NC4C(C(=O)NC(=O)N4C)N3CCSc3nnnn3-c3ccccc3)CC2)cc1. The standard InChI is InChI=1S/C26H30N10O3S/c1-32-22-21(23(37)28-25(32)38)35(16-17-40-26-29-30-31-36(26)19-6-4-3-5-7-19)24(27-22)34-14-12-33(13-15-34)18-8-10-20(39-2)11-9-18/h3-11,21-22H,12-17H2,1-2H3,(H,28,37,38). The molecule has 14 heteroatoms. The monoisotopic (exact) mass is 562 g/mol. The number of aliphatic imine (C=N–C) groups is 1. The summed E-state index contributed by atoms with van der Waals surface area (Å²) in [5.74, 6) is 1.85. The summed E-state index contributed by atoms with van der Waals surface area (Å²) in [6.07, 6.45) is -0.574. The predicted octanol–water partition coefficient (Wildman–Crippen LogP) is 1.13. The zero-order chi connectivity index (χ0) is 27.6. The highest BCUT2D eigenvalue weighted by atomic mass is 32.2. The maximum absolute atomic E-state index is 13.0.